The number of likely N-dealkylation sites (N-methyl/N-ethyl adjacent to an activating group) is 1. The largest absolute Gasteiger partial charge is 0.480 e. The third-order valence-electron chi connectivity index (χ3n) is 3.68. The van der Waals surface area contributed by atoms with Gasteiger partial charge < -0.3 is 14.4 Å². The van der Waals surface area contributed by atoms with Crippen LogP contribution in [0.3, 0.4) is 0 Å². The summed E-state index contributed by atoms with van der Waals surface area (Å²) in [6.07, 6.45) is 1.64. The second-order valence-electron chi connectivity index (χ2n) is 4.69. The Labute approximate surface area is 93.0 Å². The molecular weight excluding hydrogens is 208 g/mol. The number of carboxylic acids is 1. The van der Waals surface area contributed by atoms with Crippen molar-refractivity contribution in [2.75, 3.05) is 20.1 Å². The first-order valence-electron chi connectivity index (χ1n) is 5.37. The summed E-state index contributed by atoms with van der Waals surface area (Å²) >= 11 is 0. The summed E-state index contributed by atoms with van der Waals surface area (Å²) in [6, 6.07) is 1.91. The van der Waals surface area contributed by atoms with E-state index in [4.69, 9.17) is 4.42 Å². The normalized spacial score (nSPS) is 33.4. The van der Waals surface area contributed by atoms with Crippen LogP contribution in [0.25, 0.3) is 0 Å². The van der Waals surface area contributed by atoms with Crippen molar-refractivity contribution in [3.63, 3.8) is 0 Å². The molecule has 0 aliphatic carbocycles. The molecule has 3 heterocycles. The lowest BCUT2D eigenvalue weighted by Gasteiger charge is -2.34. The molecule has 2 aliphatic heterocycles. The number of nitrogens with one attached hydrogen (secondary N) is 1. The van der Waals surface area contributed by atoms with E-state index < -0.39 is 11.5 Å². The molecule has 5 nitrogen and oxygen atoms in total. The first-order valence-corrected chi connectivity index (χ1v) is 5.37. The van der Waals surface area contributed by atoms with Gasteiger partial charge in [-0.15, -0.1) is 0 Å². The lowest BCUT2D eigenvalue weighted by atomic mass is 9.81. The number of fused-ring (bicyclic) bond motifs is 3. The zero-order valence-electron chi connectivity index (χ0n) is 9.06. The van der Waals surface area contributed by atoms with Gasteiger partial charge in [0.05, 0.1) is 12.2 Å². The van der Waals surface area contributed by atoms with Gasteiger partial charge in [0, 0.05) is 25.2 Å². The number of hydrogen-bond donors (Lipinski definition) is 2. The van der Waals surface area contributed by atoms with Crippen LogP contribution in [0.1, 0.15) is 17.2 Å². The summed E-state index contributed by atoms with van der Waals surface area (Å²) in [4.78, 5) is 13.5. The van der Waals surface area contributed by atoms with Crippen molar-refractivity contribution in [3.8, 4) is 0 Å². The van der Waals surface area contributed by atoms with Crippen molar-refractivity contribution >= 4 is 5.97 Å². The highest BCUT2D eigenvalue weighted by molar-refractivity contribution is 5.82. The van der Waals surface area contributed by atoms with Crippen molar-refractivity contribution in [3.05, 3.63) is 23.7 Å². The Balaban J connectivity index is 2.10. The molecule has 2 aliphatic rings. The Kier molecular flexibility index (Phi) is 1.90. The molecule has 1 fully saturated rings. The molecule has 2 atom stereocenters. The van der Waals surface area contributed by atoms with E-state index in [1.54, 1.807) is 6.26 Å². The van der Waals surface area contributed by atoms with Gasteiger partial charge in [0.15, 0.2) is 0 Å². The van der Waals surface area contributed by atoms with E-state index in [1.165, 1.54) is 0 Å². The molecule has 0 amide bonds. The molecule has 0 spiro atoms. The van der Waals surface area contributed by atoms with Gasteiger partial charge in [0.1, 0.15) is 11.3 Å². The summed E-state index contributed by atoms with van der Waals surface area (Å²) < 4.78 is 5.46. The fourth-order valence-electron chi connectivity index (χ4n) is 2.90. The molecule has 0 bridgehead atoms. The Bertz CT molecular complexity index is 442. The maximum atomic E-state index is 11.5. The average molecular weight is 222 g/mol. The monoisotopic (exact) mass is 222 g/mol. The number of rotatable bonds is 1. The van der Waals surface area contributed by atoms with Crippen LogP contribution in [0.5, 0.6) is 0 Å². The van der Waals surface area contributed by atoms with Crippen molar-refractivity contribution < 1.29 is 14.3 Å². The maximum Gasteiger partial charge on any atom is 0.326 e. The topological polar surface area (TPSA) is 65.7 Å². The van der Waals surface area contributed by atoms with Crippen molar-refractivity contribution in [2.45, 2.75) is 18.0 Å². The minimum absolute atomic E-state index is 0.0891. The fourth-order valence-corrected chi connectivity index (χ4v) is 2.90. The third-order valence-corrected chi connectivity index (χ3v) is 3.68. The van der Waals surface area contributed by atoms with Crippen molar-refractivity contribution in [1.29, 1.82) is 0 Å². The predicted octanol–water partition coefficient (Wildman–Crippen LogP) is 0.235. The van der Waals surface area contributed by atoms with Crippen LogP contribution in [0.2, 0.25) is 0 Å². The highest BCUT2D eigenvalue weighted by Crippen LogP contribution is 2.41. The SMILES string of the molecule is CN1C[C@H]2c3occc3CN[C@@]2(C(=O)O)C1. The van der Waals surface area contributed by atoms with Crippen LogP contribution >= 0.6 is 0 Å². The fraction of sp³-hybridized carbons (Fsp3) is 0.545. The minimum Gasteiger partial charge on any atom is -0.480 e. The standard InChI is InChI=1S/C11H14N2O3/c1-13-5-8-9-7(2-3-16-9)4-12-11(8,6-13)10(14)15/h2-3,8,12H,4-6H2,1H3,(H,14,15)/t8-,11-/m0/s1. The summed E-state index contributed by atoms with van der Waals surface area (Å²) in [5.41, 5.74) is 0.205. The van der Waals surface area contributed by atoms with Crippen molar-refractivity contribution in [1.82, 2.24) is 10.2 Å². The van der Waals surface area contributed by atoms with Gasteiger partial charge in [-0.05, 0) is 13.1 Å². The summed E-state index contributed by atoms with van der Waals surface area (Å²) in [6.45, 7) is 1.81. The van der Waals surface area contributed by atoms with Crippen LogP contribution in [0.4, 0.5) is 0 Å². The van der Waals surface area contributed by atoms with Gasteiger partial charge in [0.25, 0.3) is 0 Å². The zero-order chi connectivity index (χ0) is 11.3. The number of carboxylic acid groups (broad SMARTS) is 1. The summed E-state index contributed by atoms with van der Waals surface area (Å²) in [7, 11) is 1.94. The second kappa shape index (κ2) is 3.09. The molecular formula is C11H14N2O3. The number of hydrogen-bond acceptors (Lipinski definition) is 4. The number of furan rings is 1. The lowest BCUT2D eigenvalue weighted by Crippen LogP contribution is -2.58. The maximum absolute atomic E-state index is 11.5. The predicted molar refractivity (Wildman–Crippen MR) is 56.2 cm³/mol. The molecule has 86 valence electrons. The first-order chi connectivity index (χ1) is 7.63. The Hall–Kier alpha value is -1.33. The van der Waals surface area contributed by atoms with Crippen LogP contribution in [-0.4, -0.2) is 41.7 Å². The molecule has 0 radical (unpaired) electrons. The van der Waals surface area contributed by atoms with E-state index in [0.717, 1.165) is 17.9 Å². The van der Waals surface area contributed by atoms with Gasteiger partial charge in [-0.3, -0.25) is 10.1 Å². The van der Waals surface area contributed by atoms with Gasteiger partial charge in [-0.1, -0.05) is 0 Å². The van der Waals surface area contributed by atoms with Crippen LogP contribution < -0.4 is 5.32 Å². The highest BCUT2D eigenvalue weighted by atomic mass is 16.4. The molecule has 0 unspecified atom stereocenters. The molecule has 0 aromatic carbocycles. The Morgan fingerprint density at radius 2 is 2.56 bits per heavy atom. The van der Waals surface area contributed by atoms with Crippen LogP contribution in [0.15, 0.2) is 16.7 Å². The van der Waals surface area contributed by atoms with E-state index >= 15 is 0 Å². The zero-order valence-corrected chi connectivity index (χ0v) is 9.06. The molecule has 2 N–H and O–H groups in total. The van der Waals surface area contributed by atoms with E-state index in [-0.39, 0.29) is 5.92 Å². The Morgan fingerprint density at radius 3 is 3.31 bits per heavy atom. The molecule has 16 heavy (non-hydrogen) atoms. The summed E-state index contributed by atoms with van der Waals surface area (Å²) in [5, 5.41) is 12.6. The van der Waals surface area contributed by atoms with Crippen molar-refractivity contribution in [2.24, 2.45) is 0 Å². The molecule has 1 aromatic heterocycles. The van der Waals surface area contributed by atoms with Crippen LogP contribution in [0, 0.1) is 0 Å². The van der Waals surface area contributed by atoms with Gasteiger partial charge in [-0.2, -0.15) is 0 Å². The third kappa shape index (κ3) is 1.10. The van der Waals surface area contributed by atoms with Gasteiger partial charge in [-0.25, -0.2) is 0 Å². The van der Waals surface area contributed by atoms with E-state index in [0.29, 0.717) is 13.1 Å². The second-order valence-corrected chi connectivity index (χ2v) is 4.69. The smallest absolute Gasteiger partial charge is 0.326 e. The molecule has 3 rings (SSSR count). The quantitative estimate of drug-likeness (QED) is 0.712. The van der Waals surface area contributed by atoms with E-state index in [1.807, 2.05) is 18.0 Å². The number of nitrogens with zero attached hydrogens (tertiary/aromatic N) is 1. The molecule has 5 heteroatoms. The lowest BCUT2D eigenvalue weighted by molar-refractivity contribution is -0.145. The average Bonchev–Trinajstić information content (AvgIpc) is 2.79. The number of carbonyl (C=O) groups is 1. The Morgan fingerprint density at radius 1 is 1.75 bits per heavy atom. The van der Waals surface area contributed by atoms with E-state index in [9.17, 15) is 9.90 Å². The molecule has 1 saturated heterocycles. The number of aliphatic carboxylic acids is 1. The van der Waals surface area contributed by atoms with Gasteiger partial charge in [0.2, 0.25) is 0 Å². The molecule has 1 aromatic rings. The first kappa shape index (κ1) is 9.86. The summed E-state index contributed by atoms with van der Waals surface area (Å²) in [5.74, 6) is -0.0387. The molecule has 0 saturated carbocycles. The van der Waals surface area contributed by atoms with Gasteiger partial charge >= 0.3 is 5.97 Å². The van der Waals surface area contributed by atoms with Crippen LogP contribution in [-0.2, 0) is 11.3 Å². The highest BCUT2D eigenvalue weighted by Gasteiger charge is 2.55. The minimum atomic E-state index is -0.875. The number of likely N-dealkylation sites (tertiary alicyclic amines) is 1. The van der Waals surface area contributed by atoms with E-state index in [2.05, 4.69) is 5.32 Å².